The van der Waals surface area contributed by atoms with Crippen LogP contribution in [0.15, 0.2) is 24.3 Å². The van der Waals surface area contributed by atoms with E-state index in [-0.39, 0.29) is 24.9 Å². The predicted octanol–water partition coefficient (Wildman–Crippen LogP) is 1.58. The first-order chi connectivity index (χ1) is 12.3. The molecule has 0 radical (unpaired) electrons. The van der Waals surface area contributed by atoms with E-state index < -0.39 is 24.0 Å². The fraction of sp³-hybridized carbons (Fsp3) is 0.444. The van der Waals surface area contributed by atoms with Crippen molar-refractivity contribution in [1.29, 1.82) is 0 Å². The summed E-state index contributed by atoms with van der Waals surface area (Å²) < 4.78 is 10.4. The number of Topliss-reactive ketones (excluding diaryl/α,β-unsaturated/α-hetero) is 1. The summed E-state index contributed by atoms with van der Waals surface area (Å²) in [6.45, 7) is 2.92. The summed E-state index contributed by atoms with van der Waals surface area (Å²) in [6, 6.07) is 6.08. The number of imide groups is 1. The average molecular weight is 362 g/mol. The van der Waals surface area contributed by atoms with E-state index in [2.05, 4.69) is 10.6 Å². The van der Waals surface area contributed by atoms with E-state index in [1.54, 1.807) is 24.3 Å². The Hall–Kier alpha value is -2.90. The van der Waals surface area contributed by atoms with E-state index in [1.807, 2.05) is 0 Å². The molecule has 1 aliphatic carbocycles. The number of urea groups is 1. The van der Waals surface area contributed by atoms with Crippen molar-refractivity contribution in [2.45, 2.75) is 45.3 Å². The van der Waals surface area contributed by atoms with Crippen molar-refractivity contribution < 1.29 is 28.7 Å². The molecule has 3 amide bonds. The number of rotatable bonds is 8. The molecule has 8 heteroatoms. The first-order valence-corrected chi connectivity index (χ1v) is 8.40. The molecule has 0 aliphatic heterocycles. The standard InChI is InChI=1S/C18H22N2O6/c1-11(21)13-3-7-15(8-4-13)25-10-9-16(22)26-12(2)17(23)20-18(24)19-14-5-6-14/h3-4,7-8,12,14H,5-6,9-10H2,1-2H3,(H2,19,20,23,24). The van der Waals surface area contributed by atoms with Gasteiger partial charge in [-0.2, -0.15) is 0 Å². The third-order valence-corrected chi connectivity index (χ3v) is 3.66. The number of carbonyl (C=O) groups is 4. The maximum absolute atomic E-state index is 11.8. The smallest absolute Gasteiger partial charge is 0.321 e. The van der Waals surface area contributed by atoms with Gasteiger partial charge in [-0.1, -0.05) is 0 Å². The molecule has 0 heterocycles. The SMILES string of the molecule is CC(=O)c1ccc(OCCC(=O)OC(C)C(=O)NC(=O)NC2CC2)cc1. The Morgan fingerprint density at radius 1 is 1.15 bits per heavy atom. The Labute approximate surface area is 151 Å². The van der Waals surface area contributed by atoms with E-state index >= 15 is 0 Å². The van der Waals surface area contributed by atoms with Crippen LogP contribution in [0, 0.1) is 0 Å². The Kier molecular flexibility index (Phi) is 6.71. The minimum absolute atomic E-state index is 0.0433. The van der Waals surface area contributed by atoms with Gasteiger partial charge in [0, 0.05) is 11.6 Å². The normalized spacial score (nSPS) is 14.1. The zero-order valence-electron chi connectivity index (χ0n) is 14.7. The molecule has 1 saturated carbocycles. The quantitative estimate of drug-likeness (QED) is 0.536. The number of esters is 1. The molecule has 0 aromatic heterocycles. The fourth-order valence-corrected chi connectivity index (χ4v) is 2.01. The number of amides is 3. The number of carbonyl (C=O) groups excluding carboxylic acids is 4. The lowest BCUT2D eigenvalue weighted by atomic mass is 10.1. The summed E-state index contributed by atoms with van der Waals surface area (Å²) in [4.78, 5) is 46.1. The van der Waals surface area contributed by atoms with E-state index in [0.29, 0.717) is 11.3 Å². The molecule has 1 atom stereocenters. The van der Waals surface area contributed by atoms with Crippen LogP contribution in [0.1, 0.15) is 43.5 Å². The maximum atomic E-state index is 11.8. The summed E-state index contributed by atoms with van der Waals surface area (Å²) in [5.74, 6) is -0.823. The second kappa shape index (κ2) is 8.98. The van der Waals surface area contributed by atoms with Crippen molar-refractivity contribution in [2.75, 3.05) is 6.61 Å². The van der Waals surface area contributed by atoms with Gasteiger partial charge in [-0.3, -0.25) is 19.7 Å². The molecule has 26 heavy (non-hydrogen) atoms. The van der Waals surface area contributed by atoms with Crippen LogP contribution in [0.3, 0.4) is 0 Å². The van der Waals surface area contributed by atoms with Gasteiger partial charge in [0.25, 0.3) is 5.91 Å². The second-order valence-electron chi connectivity index (χ2n) is 6.05. The molecule has 0 spiro atoms. The van der Waals surface area contributed by atoms with E-state index in [9.17, 15) is 19.2 Å². The third kappa shape index (κ3) is 6.54. The van der Waals surface area contributed by atoms with Crippen molar-refractivity contribution in [3.8, 4) is 5.75 Å². The van der Waals surface area contributed by atoms with Crippen LogP contribution in [-0.2, 0) is 14.3 Å². The van der Waals surface area contributed by atoms with Gasteiger partial charge in [-0.05, 0) is 51.0 Å². The summed E-state index contributed by atoms with van der Waals surface area (Å²) in [5, 5.41) is 4.73. The van der Waals surface area contributed by atoms with Gasteiger partial charge in [-0.25, -0.2) is 4.79 Å². The van der Waals surface area contributed by atoms with Crippen LogP contribution in [0.4, 0.5) is 4.79 Å². The van der Waals surface area contributed by atoms with Gasteiger partial charge in [0.2, 0.25) is 0 Å². The van der Waals surface area contributed by atoms with E-state index in [1.165, 1.54) is 13.8 Å². The lowest BCUT2D eigenvalue weighted by Gasteiger charge is -2.13. The average Bonchev–Trinajstić information content (AvgIpc) is 3.38. The first-order valence-electron chi connectivity index (χ1n) is 8.40. The van der Waals surface area contributed by atoms with Crippen LogP contribution in [-0.4, -0.2) is 42.4 Å². The summed E-state index contributed by atoms with van der Waals surface area (Å²) in [6.07, 6.45) is 0.676. The van der Waals surface area contributed by atoms with Crippen LogP contribution < -0.4 is 15.4 Å². The summed E-state index contributed by atoms with van der Waals surface area (Å²) in [5.41, 5.74) is 0.572. The molecule has 1 aromatic carbocycles. The number of ketones is 1. The first kappa shape index (κ1) is 19.4. The molecule has 140 valence electrons. The Balaban J connectivity index is 1.66. The lowest BCUT2D eigenvalue weighted by molar-refractivity contribution is -0.154. The third-order valence-electron chi connectivity index (χ3n) is 3.66. The number of nitrogens with one attached hydrogen (secondary N) is 2. The molecule has 0 saturated heterocycles. The Morgan fingerprint density at radius 2 is 1.81 bits per heavy atom. The number of hydrogen-bond donors (Lipinski definition) is 2. The Morgan fingerprint density at radius 3 is 2.38 bits per heavy atom. The summed E-state index contributed by atoms with van der Waals surface area (Å²) in [7, 11) is 0. The van der Waals surface area contributed by atoms with Gasteiger partial charge < -0.3 is 14.8 Å². The van der Waals surface area contributed by atoms with Crippen molar-refractivity contribution >= 4 is 23.7 Å². The maximum Gasteiger partial charge on any atom is 0.321 e. The lowest BCUT2D eigenvalue weighted by Crippen LogP contribution is -2.45. The van der Waals surface area contributed by atoms with Crippen molar-refractivity contribution in [3.63, 3.8) is 0 Å². The molecule has 8 nitrogen and oxygen atoms in total. The Bertz CT molecular complexity index is 681. The highest BCUT2D eigenvalue weighted by atomic mass is 16.5. The monoisotopic (exact) mass is 362 g/mol. The molecule has 2 rings (SSSR count). The number of ether oxygens (including phenoxy) is 2. The highest BCUT2D eigenvalue weighted by Gasteiger charge is 2.25. The van der Waals surface area contributed by atoms with Gasteiger partial charge >= 0.3 is 12.0 Å². The van der Waals surface area contributed by atoms with Crippen LogP contribution >= 0.6 is 0 Å². The molecule has 1 unspecified atom stereocenters. The van der Waals surface area contributed by atoms with Crippen LogP contribution in [0.25, 0.3) is 0 Å². The van der Waals surface area contributed by atoms with Crippen molar-refractivity contribution in [1.82, 2.24) is 10.6 Å². The topological polar surface area (TPSA) is 111 Å². The molecule has 2 N–H and O–H groups in total. The number of benzene rings is 1. The molecular weight excluding hydrogens is 340 g/mol. The van der Waals surface area contributed by atoms with Gasteiger partial charge in [-0.15, -0.1) is 0 Å². The minimum Gasteiger partial charge on any atom is -0.493 e. The van der Waals surface area contributed by atoms with Crippen LogP contribution in [0.2, 0.25) is 0 Å². The van der Waals surface area contributed by atoms with E-state index in [4.69, 9.17) is 9.47 Å². The van der Waals surface area contributed by atoms with Crippen molar-refractivity contribution in [3.05, 3.63) is 29.8 Å². The molecule has 1 fully saturated rings. The fourth-order valence-electron chi connectivity index (χ4n) is 2.01. The highest BCUT2D eigenvalue weighted by molar-refractivity contribution is 5.97. The zero-order valence-corrected chi connectivity index (χ0v) is 14.7. The molecular formula is C18H22N2O6. The van der Waals surface area contributed by atoms with Gasteiger partial charge in [0.05, 0.1) is 13.0 Å². The molecule has 0 bridgehead atoms. The minimum atomic E-state index is -1.08. The largest absolute Gasteiger partial charge is 0.493 e. The zero-order chi connectivity index (χ0) is 19.1. The van der Waals surface area contributed by atoms with Gasteiger partial charge in [0.15, 0.2) is 11.9 Å². The predicted molar refractivity (Wildman–Crippen MR) is 91.8 cm³/mol. The molecule has 1 aliphatic rings. The van der Waals surface area contributed by atoms with E-state index in [0.717, 1.165) is 12.8 Å². The van der Waals surface area contributed by atoms with Crippen LogP contribution in [0.5, 0.6) is 5.75 Å². The highest BCUT2D eigenvalue weighted by Crippen LogP contribution is 2.18. The number of hydrogen-bond acceptors (Lipinski definition) is 6. The summed E-state index contributed by atoms with van der Waals surface area (Å²) >= 11 is 0. The van der Waals surface area contributed by atoms with Gasteiger partial charge in [0.1, 0.15) is 5.75 Å². The molecule has 1 aromatic rings. The van der Waals surface area contributed by atoms with Crippen molar-refractivity contribution in [2.24, 2.45) is 0 Å². The second-order valence-corrected chi connectivity index (χ2v) is 6.05.